The summed E-state index contributed by atoms with van der Waals surface area (Å²) < 4.78 is 0. The maximum absolute atomic E-state index is 12.0. The van der Waals surface area contributed by atoms with Gasteiger partial charge in [-0.2, -0.15) is 0 Å². The van der Waals surface area contributed by atoms with Crippen LogP contribution in [0.3, 0.4) is 0 Å². The molecule has 0 aromatic carbocycles. The average Bonchev–Trinajstić information content (AvgIpc) is 2.37. The predicted octanol–water partition coefficient (Wildman–Crippen LogP) is 2.49. The van der Waals surface area contributed by atoms with Crippen LogP contribution in [0.2, 0.25) is 0 Å². The second-order valence-corrected chi connectivity index (χ2v) is 5.09. The van der Waals surface area contributed by atoms with Gasteiger partial charge in [0.25, 0.3) is 0 Å². The van der Waals surface area contributed by atoms with E-state index in [9.17, 15) is 9.59 Å². The molecule has 4 heteroatoms. The minimum atomic E-state index is -1.03. The monoisotopic (exact) mass is 253 g/mol. The number of nitrogens with one attached hydrogen (secondary N) is 1. The van der Waals surface area contributed by atoms with Crippen molar-refractivity contribution in [3.8, 4) is 0 Å². The van der Waals surface area contributed by atoms with E-state index in [0.29, 0.717) is 11.5 Å². The lowest BCUT2D eigenvalue weighted by Crippen LogP contribution is -2.42. The van der Waals surface area contributed by atoms with E-state index in [1.54, 1.807) is 6.92 Å². The second-order valence-electron chi connectivity index (χ2n) is 5.09. The molecule has 1 saturated carbocycles. The van der Waals surface area contributed by atoms with E-state index >= 15 is 0 Å². The fourth-order valence-electron chi connectivity index (χ4n) is 2.49. The first-order valence-electron chi connectivity index (χ1n) is 6.69. The van der Waals surface area contributed by atoms with Gasteiger partial charge in [0, 0.05) is 17.2 Å². The van der Waals surface area contributed by atoms with Gasteiger partial charge in [-0.3, -0.25) is 4.79 Å². The van der Waals surface area contributed by atoms with Crippen molar-refractivity contribution in [3.05, 3.63) is 11.1 Å². The highest BCUT2D eigenvalue weighted by Gasteiger charge is 2.25. The first kappa shape index (κ1) is 14.7. The summed E-state index contributed by atoms with van der Waals surface area (Å²) in [6, 6.07) is 0.202. The molecule has 1 rings (SSSR count). The summed E-state index contributed by atoms with van der Waals surface area (Å²) in [5.74, 6) is -0.737. The summed E-state index contributed by atoms with van der Waals surface area (Å²) in [6.45, 7) is 5.18. The van der Waals surface area contributed by atoms with Crippen LogP contribution >= 0.6 is 0 Å². The highest BCUT2D eigenvalue weighted by Crippen LogP contribution is 2.27. The van der Waals surface area contributed by atoms with Gasteiger partial charge in [-0.25, -0.2) is 4.79 Å². The van der Waals surface area contributed by atoms with Gasteiger partial charge < -0.3 is 10.4 Å². The SMILES string of the molecule is CCC1CCCCC1NC(=O)/C(C)=C(/C)C(=O)O. The van der Waals surface area contributed by atoms with Gasteiger partial charge in [0.1, 0.15) is 0 Å². The molecule has 0 aliphatic heterocycles. The first-order valence-corrected chi connectivity index (χ1v) is 6.69. The topological polar surface area (TPSA) is 66.4 Å². The first-order chi connectivity index (χ1) is 8.47. The van der Waals surface area contributed by atoms with Gasteiger partial charge in [0.2, 0.25) is 5.91 Å². The summed E-state index contributed by atoms with van der Waals surface area (Å²) in [5, 5.41) is 11.9. The number of hydrogen-bond acceptors (Lipinski definition) is 2. The molecular formula is C14H23NO3. The van der Waals surface area contributed by atoms with Crippen molar-refractivity contribution >= 4 is 11.9 Å². The molecule has 102 valence electrons. The molecule has 18 heavy (non-hydrogen) atoms. The van der Waals surface area contributed by atoms with E-state index in [1.165, 1.54) is 13.3 Å². The fourth-order valence-corrected chi connectivity index (χ4v) is 2.49. The van der Waals surface area contributed by atoms with Crippen LogP contribution in [0.5, 0.6) is 0 Å². The molecule has 4 nitrogen and oxygen atoms in total. The minimum Gasteiger partial charge on any atom is -0.478 e. The Balaban J connectivity index is 2.69. The van der Waals surface area contributed by atoms with E-state index in [-0.39, 0.29) is 17.5 Å². The van der Waals surface area contributed by atoms with E-state index in [2.05, 4.69) is 12.2 Å². The Kier molecular flexibility index (Phi) is 5.38. The Morgan fingerprint density at radius 1 is 1.17 bits per heavy atom. The van der Waals surface area contributed by atoms with Gasteiger partial charge in [0.05, 0.1) is 0 Å². The Bertz CT molecular complexity index is 360. The predicted molar refractivity (Wildman–Crippen MR) is 70.2 cm³/mol. The molecule has 1 amide bonds. The van der Waals surface area contributed by atoms with Crippen molar-refractivity contribution in [1.82, 2.24) is 5.32 Å². The lowest BCUT2D eigenvalue weighted by molar-refractivity contribution is -0.133. The third-order valence-electron chi connectivity index (χ3n) is 3.97. The number of amides is 1. The van der Waals surface area contributed by atoms with Crippen molar-refractivity contribution < 1.29 is 14.7 Å². The lowest BCUT2D eigenvalue weighted by Gasteiger charge is -2.31. The van der Waals surface area contributed by atoms with Gasteiger partial charge in [-0.1, -0.05) is 26.2 Å². The van der Waals surface area contributed by atoms with Gasteiger partial charge in [-0.15, -0.1) is 0 Å². The number of rotatable bonds is 4. The Labute approximate surface area is 108 Å². The fraction of sp³-hybridized carbons (Fsp3) is 0.714. The molecule has 2 atom stereocenters. The Hall–Kier alpha value is -1.32. The maximum atomic E-state index is 12.0. The highest BCUT2D eigenvalue weighted by atomic mass is 16.4. The molecule has 2 N–H and O–H groups in total. The summed E-state index contributed by atoms with van der Waals surface area (Å²) in [6.07, 6.45) is 5.59. The summed E-state index contributed by atoms with van der Waals surface area (Å²) in [7, 11) is 0. The molecule has 0 heterocycles. The van der Waals surface area contributed by atoms with Crippen LogP contribution in [0.15, 0.2) is 11.1 Å². The molecule has 0 aromatic rings. The zero-order chi connectivity index (χ0) is 13.7. The Morgan fingerprint density at radius 2 is 1.78 bits per heavy atom. The quantitative estimate of drug-likeness (QED) is 0.756. The third kappa shape index (κ3) is 3.59. The average molecular weight is 253 g/mol. The molecule has 1 aliphatic carbocycles. The number of carbonyl (C=O) groups excluding carboxylic acids is 1. The molecule has 0 saturated heterocycles. The smallest absolute Gasteiger partial charge is 0.331 e. The molecule has 1 fully saturated rings. The van der Waals surface area contributed by atoms with Crippen molar-refractivity contribution in [2.45, 2.75) is 58.9 Å². The van der Waals surface area contributed by atoms with E-state index < -0.39 is 5.97 Å². The largest absolute Gasteiger partial charge is 0.478 e. The normalized spacial score (nSPS) is 25.3. The summed E-state index contributed by atoms with van der Waals surface area (Å²) in [4.78, 5) is 22.8. The molecule has 2 unspecified atom stereocenters. The van der Waals surface area contributed by atoms with Crippen LogP contribution in [0.25, 0.3) is 0 Å². The van der Waals surface area contributed by atoms with E-state index in [0.717, 1.165) is 25.7 Å². The van der Waals surface area contributed by atoms with Crippen LogP contribution in [0, 0.1) is 5.92 Å². The van der Waals surface area contributed by atoms with Crippen LogP contribution in [-0.4, -0.2) is 23.0 Å². The van der Waals surface area contributed by atoms with Gasteiger partial charge in [0.15, 0.2) is 0 Å². The van der Waals surface area contributed by atoms with Crippen molar-refractivity contribution in [2.24, 2.45) is 5.92 Å². The molecule has 0 bridgehead atoms. The van der Waals surface area contributed by atoms with Crippen molar-refractivity contribution in [3.63, 3.8) is 0 Å². The standard InChI is InChI=1S/C14H23NO3/c1-4-11-7-5-6-8-12(11)15-13(16)9(2)10(3)14(17)18/h11-12H,4-8H2,1-3H3,(H,15,16)(H,17,18)/b10-9-. The van der Waals surface area contributed by atoms with E-state index in [4.69, 9.17) is 5.11 Å². The molecule has 0 radical (unpaired) electrons. The molecule has 0 aromatic heterocycles. The summed E-state index contributed by atoms with van der Waals surface area (Å²) in [5.41, 5.74) is 0.430. The van der Waals surface area contributed by atoms with Gasteiger partial charge >= 0.3 is 5.97 Å². The third-order valence-corrected chi connectivity index (χ3v) is 3.97. The van der Waals surface area contributed by atoms with Crippen LogP contribution in [0.1, 0.15) is 52.9 Å². The number of hydrogen-bond donors (Lipinski definition) is 2. The van der Waals surface area contributed by atoms with Crippen LogP contribution < -0.4 is 5.32 Å². The number of carbonyl (C=O) groups is 2. The zero-order valence-electron chi connectivity index (χ0n) is 11.5. The molecular weight excluding hydrogens is 230 g/mol. The van der Waals surface area contributed by atoms with Crippen LogP contribution in [0.4, 0.5) is 0 Å². The van der Waals surface area contributed by atoms with Crippen molar-refractivity contribution in [2.75, 3.05) is 0 Å². The summed E-state index contributed by atoms with van der Waals surface area (Å²) >= 11 is 0. The number of aliphatic carboxylic acids is 1. The molecule has 0 spiro atoms. The van der Waals surface area contributed by atoms with E-state index in [1.807, 2.05) is 0 Å². The number of carboxylic acid groups (broad SMARTS) is 1. The lowest BCUT2D eigenvalue weighted by atomic mass is 9.83. The highest BCUT2D eigenvalue weighted by molar-refractivity contribution is 6.01. The molecule has 1 aliphatic rings. The van der Waals surface area contributed by atoms with Gasteiger partial charge in [-0.05, 0) is 32.6 Å². The number of carboxylic acids is 1. The minimum absolute atomic E-state index is 0.122. The van der Waals surface area contributed by atoms with Crippen molar-refractivity contribution in [1.29, 1.82) is 0 Å². The maximum Gasteiger partial charge on any atom is 0.331 e. The Morgan fingerprint density at radius 3 is 2.33 bits per heavy atom. The zero-order valence-corrected chi connectivity index (χ0v) is 11.5. The second kappa shape index (κ2) is 6.57. The van der Waals surface area contributed by atoms with Crippen LogP contribution in [-0.2, 0) is 9.59 Å².